The molecule has 0 radical (unpaired) electrons. The Kier molecular flexibility index (Phi) is 2.25. The summed E-state index contributed by atoms with van der Waals surface area (Å²) in [4.78, 5) is 12.7. The van der Waals surface area contributed by atoms with Gasteiger partial charge in [0, 0.05) is 19.2 Å². The Morgan fingerprint density at radius 3 is 2.71 bits per heavy atom. The van der Waals surface area contributed by atoms with Crippen molar-refractivity contribution in [2.75, 3.05) is 18.0 Å². The molecule has 74 valence electrons. The molecule has 0 atom stereocenters. The first-order valence-corrected chi connectivity index (χ1v) is 4.58. The van der Waals surface area contributed by atoms with Crippen molar-refractivity contribution in [1.29, 1.82) is 0 Å². The Morgan fingerprint density at radius 1 is 1.50 bits per heavy atom. The van der Waals surface area contributed by atoms with Crippen molar-refractivity contribution in [3.8, 4) is 0 Å². The fraction of sp³-hybridized carbons (Fsp3) is 0.375. The van der Waals surface area contributed by atoms with Crippen LogP contribution in [0.25, 0.3) is 0 Å². The lowest BCUT2D eigenvalue weighted by Gasteiger charge is -2.31. The number of carboxylic acids is 1. The highest BCUT2D eigenvalue weighted by atomic mass is 35.5. The minimum absolute atomic E-state index is 0.00330. The lowest BCUT2D eigenvalue weighted by atomic mass is 10.2. The molecule has 1 N–H and O–H groups in total. The highest BCUT2D eigenvalue weighted by molar-refractivity contribution is 6.32. The van der Waals surface area contributed by atoms with Crippen LogP contribution in [0.4, 0.5) is 5.82 Å². The van der Waals surface area contributed by atoms with Crippen LogP contribution in [0.3, 0.4) is 0 Å². The molecule has 2 rings (SSSR count). The van der Waals surface area contributed by atoms with E-state index in [4.69, 9.17) is 16.7 Å². The zero-order valence-electron chi connectivity index (χ0n) is 7.27. The fourth-order valence-electron chi connectivity index (χ4n) is 1.22. The maximum atomic E-state index is 10.7. The standard InChI is InChI=1S/C8H8ClN3O2/c9-7-5(8(13)14)4-6(10-11-7)12-2-1-3-12/h4H,1-3H2,(H,13,14). The van der Waals surface area contributed by atoms with Crippen LogP contribution in [-0.4, -0.2) is 34.4 Å². The average molecular weight is 214 g/mol. The number of aromatic nitrogens is 2. The third kappa shape index (κ3) is 1.50. The van der Waals surface area contributed by atoms with Crippen LogP contribution in [0.1, 0.15) is 16.8 Å². The van der Waals surface area contributed by atoms with Crippen molar-refractivity contribution in [2.24, 2.45) is 0 Å². The highest BCUT2D eigenvalue weighted by Crippen LogP contribution is 2.21. The van der Waals surface area contributed by atoms with Crippen LogP contribution in [0.5, 0.6) is 0 Å². The Balaban J connectivity index is 2.34. The van der Waals surface area contributed by atoms with E-state index < -0.39 is 5.97 Å². The fourth-order valence-corrected chi connectivity index (χ4v) is 1.39. The maximum absolute atomic E-state index is 10.7. The summed E-state index contributed by atoms with van der Waals surface area (Å²) >= 11 is 5.58. The molecule has 1 aliphatic rings. The van der Waals surface area contributed by atoms with Gasteiger partial charge in [0.1, 0.15) is 5.56 Å². The predicted octanol–water partition coefficient (Wildman–Crippen LogP) is 1.04. The van der Waals surface area contributed by atoms with Crippen LogP contribution >= 0.6 is 11.6 Å². The summed E-state index contributed by atoms with van der Waals surface area (Å²) in [6.45, 7) is 1.80. The molecule has 0 spiro atoms. The van der Waals surface area contributed by atoms with E-state index in [9.17, 15) is 4.79 Å². The van der Waals surface area contributed by atoms with Crippen molar-refractivity contribution in [3.05, 3.63) is 16.8 Å². The van der Waals surface area contributed by atoms with Crippen LogP contribution in [-0.2, 0) is 0 Å². The first kappa shape index (κ1) is 9.21. The number of halogens is 1. The summed E-state index contributed by atoms with van der Waals surface area (Å²) in [5, 5.41) is 16.1. The molecular formula is C8H8ClN3O2. The van der Waals surface area contributed by atoms with E-state index in [-0.39, 0.29) is 10.7 Å². The van der Waals surface area contributed by atoms with Crippen LogP contribution < -0.4 is 4.90 Å². The summed E-state index contributed by atoms with van der Waals surface area (Å²) in [7, 11) is 0. The minimum atomic E-state index is -1.08. The number of carbonyl (C=O) groups is 1. The van der Waals surface area contributed by atoms with Crippen molar-refractivity contribution in [3.63, 3.8) is 0 Å². The lowest BCUT2D eigenvalue weighted by molar-refractivity contribution is 0.0696. The predicted molar refractivity (Wildman–Crippen MR) is 50.8 cm³/mol. The molecule has 1 aromatic rings. The van der Waals surface area contributed by atoms with E-state index in [1.165, 1.54) is 6.07 Å². The van der Waals surface area contributed by atoms with E-state index >= 15 is 0 Å². The zero-order chi connectivity index (χ0) is 10.1. The number of hydrogen-bond donors (Lipinski definition) is 1. The molecule has 1 aromatic heterocycles. The van der Waals surface area contributed by atoms with Gasteiger partial charge in [0.2, 0.25) is 0 Å². The smallest absolute Gasteiger partial charge is 0.339 e. The van der Waals surface area contributed by atoms with Gasteiger partial charge in [-0.25, -0.2) is 4.79 Å². The van der Waals surface area contributed by atoms with Crippen LogP contribution in [0.15, 0.2) is 6.07 Å². The number of hydrogen-bond acceptors (Lipinski definition) is 4. The van der Waals surface area contributed by atoms with Gasteiger partial charge in [-0.05, 0) is 6.42 Å². The molecule has 5 nitrogen and oxygen atoms in total. The molecule has 0 aromatic carbocycles. The van der Waals surface area contributed by atoms with E-state index in [1.54, 1.807) is 0 Å². The van der Waals surface area contributed by atoms with Crippen molar-refractivity contribution in [1.82, 2.24) is 10.2 Å². The SMILES string of the molecule is O=C(O)c1cc(N2CCC2)nnc1Cl. The van der Waals surface area contributed by atoms with Gasteiger partial charge in [0.05, 0.1) is 0 Å². The zero-order valence-corrected chi connectivity index (χ0v) is 8.03. The van der Waals surface area contributed by atoms with Crippen molar-refractivity contribution < 1.29 is 9.90 Å². The molecule has 0 saturated carbocycles. The van der Waals surface area contributed by atoms with Crippen molar-refractivity contribution in [2.45, 2.75) is 6.42 Å². The Hall–Kier alpha value is -1.36. The summed E-state index contributed by atoms with van der Waals surface area (Å²) < 4.78 is 0. The molecule has 1 fully saturated rings. The van der Waals surface area contributed by atoms with Gasteiger partial charge in [-0.2, -0.15) is 0 Å². The van der Waals surface area contributed by atoms with Gasteiger partial charge >= 0.3 is 5.97 Å². The van der Waals surface area contributed by atoms with E-state index in [2.05, 4.69) is 10.2 Å². The summed E-state index contributed by atoms with van der Waals surface area (Å²) in [5.74, 6) is -0.496. The van der Waals surface area contributed by atoms with Gasteiger partial charge < -0.3 is 10.0 Å². The summed E-state index contributed by atoms with van der Waals surface area (Å²) in [5.41, 5.74) is 0.00330. The molecule has 14 heavy (non-hydrogen) atoms. The first-order valence-electron chi connectivity index (χ1n) is 4.20. The van der Waals surface area contributed by atoms with Crippen LogP contribution in [0.2, 0.25) is 5.15 Å². The second-order valence-corrected chi connectivity index (χ2v) is 3.41. The molecule has 1 aliphatic heterocycles. The second kappa shape index (κ2) is 3.42. The van der Waals surface area contributed by atoms with E-state index in [0.717, 1.165) is 19.5 Å². The number of aromatic carboxylic acids is 1. The van der Waals surface area contributed by atoms with Gasteiger partial charge in [-0.1, -0.05) is 11.6 Å². The van der Waals surface area contributed by atoms with Crippen molar-refractivity contribution >= 4 is 23.4 Å². The normalized spacial score (nSPS) is 15.1. The van der Waals surface area contributed by atoms with Gasteiger partial charge in [0.15, 0.2) is 11.0 Å². The lowest BCUT2D eigenvalue weighted by Crippen LogP contribution is -2.37. The Labute approximate surface area is 85.3 Å². The molecule has 6 heteroatoms. The Morgan fingerprint density at radius 2 is 2.21 bits per heavy atom. The quantitative estimate of drug-likeness (QED) is 0.795. The largest absolute Gasteiger partial charge is 0.478 e. The maximum Gasteiger partial charge on any atom is 0.339 e. The third-order valence-electron chi connectivity index (χ3n) is 2.15. The molecule has 0 aliphatic carbocycles. The van der Waals surface area contributed by atoms with Gasteiger partial charge in [0.25, 0.3) is 0 Å². The molecule has 1 saturated heterocycles. The monoisotopic (exact) mass is 213 g/mol. The molecule has 0 amide bonds. The van der Waals surface area contributed by atoms with Gasteiger partial charge in [-0.15, -0.1) is 10.2 Å². The molecule has 2 heterocycles. The molecular weight excluding hydrogens is 206 g/mol. The van der Waals surface area contributed by atoms with E-state index in [1.807, 2.05) is 4.90 Å². The highest BCUT2D eigenvalue weighted by Gasteiger charge is 2.19. The summed E-state index contributed by atoms with van der Waals surface area (Å²) in [6, 6.07) is 1.46. The van der Waals surface area contributed by atoms with Crippen LogP contribution in [0, 0.1) is 0 Å². The molecule has 0 unspecified atom stereocenters. The number of carboxylic acid groups (broad SMARTS) is 1. The Bertz CT molecular complexity index is 379. The molecule has 0 bridgehead atoms. The number of anilines is 1. The third-order valence-corrected chi connectivity index (χ3v) is 2.43. The van der Waals surface area contributed by atoms with Gasteiger partial charge in [-0.3, -0.25) is 0 Å². The first-order chi connectivity index (χ1) is 6.68. The second-order valence-electron chi connectivity index (χ2n) is 3.05. The summed E-state index contributed by atoms with van der Waals surface area (Å²) in [6.07, 6.45) is 1.10. The topological polar surface area (TPSA) is 66.3 Å². The minimum Gasteiger partial charge on any atom is -0.478 e. The average Bonchev–Trinajstić information content (AvgIpc) is 2.04. The number of rotatable bonds is 2. The van der Waals surface area contributed by atoms with E-state index in [0.29, 0.717) is 5.82 Å². The number of nitrogens with zero attached hydrogens (tertiary/aromatic N) is 3.